The number of nitrogens with zero attached hydrogens (tertiary/aromatic N) is 3. The average Bonchev–Trinajstić information content (AvgIpc) is 2.99. The molecule has 0 N–H and O–H groups in total. The van der Waals surface area contributed by atoms with Crippen LogP contribution in [0.5, 0.6) is 0 Å². The maximum absolute atomic E-state index is 11.3. The minimum atomic E-state index is -1.06. The molecule has 2 heterocycles. The Morgan fingerprint density at radius 1 is 1.20 bits per heavy atom. The molecule has 1 aliphatic heterocycles. The summed E-state index contributed by atoms with van der Waals surface area (Å²) in [6.07, 6.45) is 13.8. The zero-order valence-electron chi connectivity index (χ0n) is 11.7. The van der Waals surface area contributed by atoms with Gasteiger partial charge in [0.15, 0.2) is 0 Å². The molecule has 3 atom stereocenters. The van der Waals surface area contributed by atoms with Crippen molar-refractivity contribution in [3.05, 3.63) is 35.5 Å². The van der Waals surface area contributed by atoms with E-state index in [9.17, 15) is 4.21 Å². The smallest absolute Gasteiger partial charge is 0.204 e. The molecule has 1 aromatic heterocycles. The zero-order valence-corrected chi connectivity index (χ0v) is 13.3. The third-order valence-corrected chi connectivity index (χ3v) is 5.16. The van der Waals surface area contributed by atoms with Gasteiger partial charge in [-0.1, -0.05) is 49.5 Å². The predicted molar refractivity (Wildman–Crippen MR) is 85.3 cm³/mol. The van der Waals surface area contributed by atoms with E-state index in [1.807, 2.05) is 32.3 Å². The van der Waals surface area contributed by atoms with Gasteiger partial charge in [0.2, 0.25) is 4.34 Å². The van der Waals surface area contributed by atoms with E-state index >= 15 is 0 Å². The van der Waals surface area contributed by atoms with Crippen LogP contribution in [0.15, 0.2) is 39.8 Å². The summed E-state index contributed by atoms with van der Waals surface area (Å²) < 4.78 is 11.9. The van der Waals surface area contributed by atoms with Crippen LogP contribution in [0.1, 0.15) is 18.9 Å². The number of rotatable bonds is 2. The monoisotopic (exact) mass is 307 g/mol. The van der Waals surface area contributed by atoms with Gasteiger partial charge < -0.3 is 0 Å². The van der Waals surface area contributed by atoms with Gasteiger partial charge in [-0.3, -0.25) is 9.20 Å². The van der Waals surface area contributed by atoms with E-state index in [2.05, 4.69) is 33.4 Å². The quantitative estimate of drug-likeness (QED) is 0.843. The van der Waals surface area contributed by atoms with E-state index < -0.39 is 10.8 Å². The molecule has 0 fully saturated rings. The van der Waals surface area contributed by atoms with Crippen LogP contribution in [0.4, 0.5) is 0 Å². The molecule has 0 saturated heterocycles. The minimum absolute atomic E-state index is 0.335. The zero-order chi connectivity index (χ0) is 14.5. The first-order valence-corrected chi connectivity index (χ1v) is 8.89. The molecule has 6 heteroatoms. The molecular weight excluding hydrogens is 290 g/mol. The van der Waals surface area contributed by atoms with Crippen molar-refractivity contribution in [3.63, 3.8) is 0 Å². The van der Waals surface area contributed by atoms with Crippen molar-refractivity contribution in [3.8, 4) is 0 Å². The van der Waals surface area contributed by atoms with Gasteiger partial charge in [0, 0.05) is 36.1 Å². The second-order valence-corrected chi connectivity index (χ2v) is 6.63. The van der Waals surface area contributed by atoms with Gasteiger partial charge in [0.1, 0.15) is 5.01 Å². The van der Waals surface area contributed by atoms with Gasteiger partial charge in [0.25, 0.3) is 0 Å². The summed E-state index contributed by atoms with van der Waals surface area (Å²) in [4.78, 5) is 4.13. The first-order chi connectivity index (χ1) is 9.74. The summed E-state index contributed by atoms with van der Waals surface area (Å²) in [6.45, 7) is 4.00. The molecule has 0 amide bonds. The van der Waals surface area contributed by atoms with Crippen molar-refractivity contribution in [1.29, 1.82) is 0 Å². The molecule has 0 aromatic carbocycles. The summed E-state index contributed by atoms with van der Waals surface area (Å²) in [6, 6.07) is 0. The van der Waals surface area contributed by atoms with Crippen molar-refractivity contribution in [2.75, 3.05) is 6.26 Å². The Balaban J connectivity index is 0.000000704. The van der Waals surface area contributed by atoms with E-state index in [0.717, 1.165) is 10.6 Å². The van der Waals surface area contributed by atoms with E-state index in [4.69, 9.17) is 0 Å². The number of fused-ring (bicyclic) bond motifs is 1. The maximum Gasteiger partial charge on any atom is 0.204 e. The molecule has 3 unspecified atom stereocenters. The molecular formula is C14H17N3OS2. The van der Waals surface area contributed by atoms with Crippen molar-refractivity contribution < 1.29 is 4.21 Å². The molecule has 1 aromatic rings. The van der Waals surface area contributed by atoms with Crippen LogP contribution in [0.3, 0.4) is 0 Å². The summed E-state index contributed by atoms with van der Waals surface area (Å²) >= 11 is 1.39. The van der Waals surface area contributed by atoms with Crippen molar-refractivity contribution in [2.24, 2.45) is 16.8 Å². The Kier molecular flexibility index (Phi) is 5.14. The van der Waals surface area contributed by atoms with Crippen LogP contribution in [-0.2, 0) is 10.8 Å². The van der Waals surface area contributed by atoms with Crippen molar-refractivity contribution >= 4 is 33.9 Å². The summed E-state index contributed by atoms with van der Waals surface area (Å²) in [5.41, 5.74) is 1.05. The molecule has 3 rings (SSSR count). The normalized spacial score (nSPS) is 24.4. The van der Waals surface area contributed by atoms with Crippen molar-refractivity contribution in [2.45, 2.75) is 18.2 Å². The number of allylic oxidation sites excluding steroid dienone is 5. The van der Waals surface area contributed by atoms with Crippen LogP contribution < -0.4 is 0 Å². The van der Waals surface area contributed by atoms with E-state index in [1.54, 1.807) is 6.26 Å². The van der Waals surface area contributed by atoms with Gasteiger partial charge in [-0.05, 0) is 0 Å². The molecule has 0 saturated carbocycles. The molecule has 1 aliphatic carbocycles. The second-order valence-electron chi connectivity index (χ2n) is 4.10. The highest BCUT2D eigenvalue weighted by molar-refractivity contribution is 7.86. The minimum Gasteiger partial charge on any atom is -0.269 e. The topological polar surface area (TPSA) is 55.2 Å². The largest absolute Gasteiger partial charge is 0.269 e. The van der Waals surface area contributed by atoms with Crippen LogP contribution in [0.2, 0.25) is 0 Å². The highest BCUT2D eigenvalue weighted by Gasteiger charge is 2.21. The van der Waals surface area contributed by atoms with Gasteiger partial charge in [-0.15, -0.1) is 10.2 Å². The molecule has 2 aliphatic rings. The molecule has 20 heavy (non-hydrogen) atoms. The van der Waals surface area contributed by atoms with Gasteiger partial charge in [-0.25, -0.2) is 0 Å². The molecule has 4 nitrogen and oxygen atoms in total. The lowest BCUT2D eigenvalue weighted by atomic mass is 9.85. The summed E-state index contributed by atoms with van der Waals surface area (Å²) in [5.74, 6) is 0.674. The third kappa shape index (κ3) is 3.19. The highest BCUT2D eigenvalue weighted by atomic mass is 32.2. The van der Waals surface area contributed by atoms with Gasteiger partial charge in [-0.2, -0.15) is 0 Å². The molecule has 0 radical (unpaired) electrons. The fourth-order valence-corrected chi connectivity index (χ4v) is 3.38. The van der Waals surface area contributed by atoms with Gasteiger partial charge >= 0.3 is 0 Å². The van der Waals surface area contributed by atoms with E-state index in [-0.39, 0.29) is 0 Å². The number of hydrogen-bond acceptors (Lipinski definition) is 5. The molecule has 106 valence electrons. The summed E-state index contributed by atoms with van der Waals surface area (Å²) in [5, 5.41) is 8.87. The van der Waals surface area contributed by atoms with Crippen LogP contribution in [0, 0.1) is 11.8 Å². The van der Waals surface area contributed by atoms with Crippen LogP contribution >= 0.6 is 11.3 Å². The third-order valence-electron chi connectivity index (χ3n) is 2.87. The number of hydrogen-bond donors (Lipinski definition) is 0. The molecule has 0 bridgehead atoms. The summed E-state index contributed by atoms with van der Waals surface area (Å²) in [7, 11) is -1.06. The van der Waals surface area contributed by atoms with Crippen LogP contribution in [0.25, 0.3) is 5.57 Å². The first-order valence-electron chi connectivity index (χ1n) is 6.51. The first kappa shape index (κ1) is 15.0. The lowest BCUT2D eigenvalue weighted by Crippen LogP contribution is -2.15. The van der Waals surface area contributed by atoms with E-state index in [0.29, 0.717) is 16.2 Å². The standard InChI is InChI=1S/C12H11N3OS2.C2H6/c1-18(16)12-15-14-11(17-12)9-2-3-10-7-13-5-4-8(10)6-9;1-2/h2-8,10H,1H3;1-2H3. The Morgan fingerprint density at radius 3 is 2.70 bits per heavy atom. The van der Waals surface area contributed by atoms with Crippen LogP contribution in [-0.4, -0.2) is 26.9 Å². The number of aliphatic imine (C=N–C) groups is 1. The fourth-order valence-electron chi connectivity index (χ4n) is 1.93. The predicted octanol–water partition coefficient (Wildman–Crippen LogP) is 3.09. The maximum atomic E-state index is 11.3. The Hall–Kier alpha value is -1.40. The lowest BCUT2D eigenvalue weighted by Gasteiger charge is -2.21. The van der Waals surface area contributed by atoms with Gasteiger partial charge in [0.05, 0.1) is 10.8 Å². The lowest BCUT2D eigenvalue weighted by molar-refractivity contribution is 0.685. The SMILES string of the molecule is CC.CS(=O)c1nnc(C2=CC3C=CN=CC3C=C2)s1. The highest BCUT2D eigenvalue weighted by Crippen LogP contribution is 2.31. The second kappa shape index (κ2) is 6.85. The van der Waals surface area contributed by atoms with E-state index in [1.165, 1.54) is 11.3 Å². The molecule has 0 spiro atoms. The van der Waals surface area contributed by atoms with Crippen molar-refractivity contribution in [1.82, 2.24) is 10.2 Å². The Labute approximate surface area is 125 Å². The Morgan fingerprint density at radius 2 is 2.00 bits per heavy atom. The Bertz CT molecular complexity index is 614. The number of aromatic nitrogens is 2. The average molecular weight is 307 g/mol. The fraction of sp³-hybridized carbons (Fsp3) is 0.357.